The van der Waals surface area contributed by atoms with Crippen molar-refractivity contribution < 1.29 is 24.5 Å². The van der Waals surface area contributed by atoms with Gasteiger partial charge >= 0.3 is 0 Å². The Morgan fingerprint density at radius 1 is 1.00 bits per heavy atom. The Morgan fingerprint density at radius 2 is 1.76 bits per heavy atom. The van der Waals surface area contributed by atoms with E-state index < -0.39 is 6.04 Å². The molecule has 54 heavy (non-hydrogen) atoms. The zero-order valence-corrected chi connectivity index (χ0v) is 32.8. The van der Waals surface area contributed by atoms with Crippen molar-refractivity contribution in [2.75, 3.05) is 12.0 Å². The Labute approximate surface area is 324 Å². The zero-order chi connectivity index (χ0) is 37.9. The second kappa shape index (κ2) is 14.6. The summed E-state index contributed by atoms with van der Waals surface area (Å²) in [6.07, 6.45) is 10.9. The van der Waals surface area contributed by atoms with Crippen molar-refractivity contribution >= 4 is 29.1 Å². The molecule has 3 N–H and O–H groups in total. The summed E-state index contributed by atoms with van der Waals surface area (Å²) in [6, 6.07) is 14.0. The number of methoxy groups -OCH3 is 1. The Morgan fingerprint density at radius 3 is 2.50 bits per heavy atom. The molecular weight excluding hydrogens is 702 g/mol. The van der Waals surface area contributed by atoms with E-state index in [2.05, 4.69) is 36.4 Å². The summed E-state index contributed by atoms with van der Waals surface area (Å²) in [7, 11) is 1.61. The molecule has 8 rings (SSSR count). The number of halogens is 1. The number of aliphatic hydroxyl groups is 2. The van der Waals surface area contributed by atoms with Gasteiger partial charge in [-0.2, -0.15) is 0 Å². The van der Waals surface area contributed by atoms with Crippen LogP contribution in [-0.4, -0.2) is 56.3 Å². The summed E-state index contributed by atoms with van der Waals surface area (Å²) in [4.78, 5) is 28.6. The summed E-state index contributed by atoms with van der Waals surface area (Å²) in [5, 5.41) is 34.7. The van der Waals surface area contributed by atoms with Crippen molar-refractivity contribution in [2.45, 2.75) is 116 Å². The Balaban J connectivity index is 0.876. The molecule has 12 atom stereocenters. The Kier molecular flexibility index (Phi) is 10.1. The van der Waals surface area contributed by atoms with Crippen molar-refractivity contribution in [1.82, 2.24) is 20.3 Å². The number of carbonyl (C=O) groups excluding carboxylic acids is 2. The maximum Gasteiger partial charge on any atom is 0.255 e. The number of hydrogen-bond donors (Lipinski definition) is 3. The van der Waals surface area contributed by atoms with E-state index in [1.165, 1.54) is 12.8 Å². The van der Waals surface area contributed by atoms with Gasteiger partial charge in [-0.15, -0.1) is 5.10 Å². The average molecular weight is 758 g/mol. The van der Waals surface area contributed by atoms with Crippen LogP contribution in [-0.2, 0) is 16.1 Å². The highest BCUT2D eigenvalue weighted by molar-refractivity contribution is 6.30. The minimum absolute atomic E-state index is 0.0319. The van der Waals surface area contributed by atoms with E-state index in [0.29, 0.717) is 58.4 Å². The number of amides is 2. The summed E-state index contributed by atoms with van der Waals surface area (Å²) in [5.41, 5.74) is 2.36. The summed E-state index contributed by atoms with van der Waals surface area (Å²) < 4.78 is 6.92. The molecule has 0 radical (unpaired) electrons. The van der Waals surface area contributed by atoms with Crippen LogP contribution in [0.15, 0.2) is 54.7 Å². The highest BCUT2D eigenvalue weighted by atomic mass is 35.5. The second-order valence-electron chi connectivity index (χ2n) is 17.7. The lowest BCUT2D eigenvalue weighted by atomic mass is 9.43. The fourth-order valence-corrected chi connectivity index (χ4v) is 12.4. The summed E-state index contributed by atoms with van der Waals surface area (Å²) >= 11 is 6.20. The van der Waals surface area contributed by atoms with Crippen molar-refractivity contribution in [3.8, 4) is 5.75 Å². The average Bonchev–Trinajstić information content (AvgIpc) is 3.78. The first-order valence-corrected chi connectivity index (χ1v) is 20.6. The molecule has 5 fully saturated rings. The predicted molar refractivity (Wildman–Crippen MR) is 207 cm³/mol. The molecule has 11 heteroatoms. The van der Waals surface area contributed by atoms with E-state index in [1.54, 1.807) is 22.9 Å². The van der Waals surface area contributed by atoms with Crippen molar-refractivity contribution in [2.24, 2.45) is 46.3 Å². The van der Waals surface area contributed by atoms with Gasteiger partial charge in [0.2, 0.25) is 5.91 Å². The van der Waals surface area contributed by atoms with E-state index in [0.717, 1.165) is 56.2 Å². The number of anilines is 1. The Hall–Kier alpha value is -3.47. The third kappa shape index (κ3) is 6.34. The van der Waals surface area contributed by atoms with Gasteiger partial charge in [-0.3, -0.25) is 9.59 Å². The molecule has 4 saturated carbocycles. The first-order valence-electron chi connectivity index (χ1n) is 20.2. The van der Waals surface area contributed by atoms with Crippen LogP contribution in [0.4, 0.5) is 5.69 Å². The lowest BCUT2D eigenvalue weighted by Gasteiger charge is -2.62. The third-order valence-electron chi connectivity index (χ3n) is 15.3. The van der Waals surface area contributed by atoms with Gasteiger partial charge < -0.3 is 25.2 Å². The second-order valence-corrected chi connectivity index (χ2v) is 18.2. The molecule has 0 bridgehead atoms. The van der Waals surface area contributed by atoms with Crippen LogP contribution in [0.2, 0.25) is 5.02 Å². The Bertz CT molecular complexity index is 1840. The third-order valence-corrected chi connectivity index (χ3v) is 15.5. The maximum atomic E-state index is 13.7. The highest BCUT2D eigenvalue weighted by Gasteiger charge is 2.63. The van der Waals surface area contributed by atoms with E-state index in [9.17, 15) is 19.8 Å². The van der Waals surface area contributed by atoms with Gasteiger partial charge in [0.15, 0.2) is 6.04 Å². The largest absolute Gasteiger partial charge is 0.497 e. The van der Waals surface area contributed by atoms with Crippen molar-refractivity contribution in [3.63, 3.8) is 0 Å². The smallest absolute Gasteiger partial charge is 0.255 e. The standard InChI is InChI=1S/C43H56ClN5O5/c1-25(34-16-17-35-33-15-8-27-21-31(50)19-20-42(27,2)36(33)22-37(51)43(34,35)3)5-18-38(52)45-23-29-24-48(47-46-29)40-39(26-6-9-28(44)10-7-26)49(41(40)53)30-11-13-32(54-4)14-12-30/h6-7,9-14,24-25,27,31,33-37,39-40,50-51H,5,8,15-23H2,1-4H3,(H,45,52)/t25-,27-,31-,33?,34?,35?,36?,37+,39+,40-,42+,43-/m1/s1. The number of β-lactam (4-membered cyclic amide) rings is 1. The molecule has 290 valence electrons. The minimum atomic E-state index is -0.596. The van der Waals surface area contributed by atoms with E-state index in [1.807, 2.05) is 48.5 Å². The lowest BCUT2D eigenvalue weighted by Crippen LogP contribution is -2.58. The molecular formula is C43H56ClN5O5. The predicted octanol–water partition coefficient (Wildman–Crippen LogP) is 7.29. The monoisotopic (exact) mass is 757 g/mol. The molecule has 5 aliphatic rings. The van der Waals surface area contributed by atoms with Gasteiger partial charge in [-0.1, -0.05) is 49.7 Å². The number of benzene rings is 2. The molecule has 2 amide bonds. The van der Waals surface area contributed by atoms with Crippen LogP contribution in [0, 0.1) is 46.3 Å². The first kappa shape index (κ1) is 37.5. The number of carbonyl (C=O) groups is 2. The number of nitrogens with one attached hydrogen (secondary N) is 1. The zero-order valence-electron chi connectivity index (χ0n) is 32.0. The van der Waals surface area contributed by atoms with Crippen LogP contribution >= 0.6 is 11.6 Å². The topological polar surface area (TPSA) is 130 Å². The molecule has 2 heterocycles. The number of hydrogen-bond acceptors (Lipinski definition) is 7. The van der Waals surface area contributed by atoms with E-state index >= 15 is 0 Å². The minimum Gasteiger partial charge on any atom is -0.497 e. The van der Waals surface area contributed by atoms with Crippen LogP contribution in [0.25, 0.3) is 0 Å². The van der Waals surface area contributed by atoms with Gasteiger partial charge in [0.05, 0.1) is 38.1 Å². The number of ether oxygens (including phenoxy) is 1. The molecule has 10 nitrogen and oxygen atoms in total. The van der Waals surface area contributed by atoms with Crippen LogP contribution in [0.1, 0.15) is 108 Å². The number of aromatic nitrogens is 3. The van der Waals surface area contributed by atoms with Gasteiger partial charge in [-0.05, 0) is 146 Å². The quantitative estimate of drug-likeness (QED) is 0.185. The van der Waals surface area contributed by atoms with Crippen LogP contribution in [0.5, 0.6) is 5.75 Å². The number of fused-ring (bicyclic) bond motifs is 5. The molecule has 1 aliphatic heterocycles. The van der Waals surface area contributed by atoms with Gasteiger partial charge in [0.1, 0.15) is 11.4 Å². The molecule has 1 saturated heterocycles. The number of aliphatic hydroxyl groups excluding tert-OH is 2. The molecule has 1 aromatic heterocycles. The molecule has 2 aromatic carbocycles. The van der Waals surface area contributed by atoms with Crippen molar-refractivity contribution in [3.05, 3.63) is 71.0 Å². The molecule has 0 spiro atoms. The lowest BCUT2D eigenvalue weighted by molar-refractivity contribution is -0.174. The molecule has 3 aromatic rings. The maximum absolute atomic E-state index is 13.7. The number of rotatable bonds is 10. The summed E-state index contributed by atoms with van der Waals surface area (Å²) in [5.74, 6) is 3.54. The summed E-state index contributed by atoms with van der Waals surface area (Å²) in [6.45, 7) is 7.32. The van der Waals surface area contributed by atoms with Crippen LogP contribution < -0.4 is 15.0 Å². The van der Waals surface area contributed by atoms with E-state index in [4.69, 9.17) is 16.3 Å². The van der Waals surface area contributed by atoms with Gasteiger partial charge in [0, 0.05) is 17.1 Å². The van der Waals surface area contributed by atoms with E-state index in [-0.39, 0.29) is 47.4 Å². The normalized spacial score (nSPS) is 36.4. The molecule has 4 unspecified atom stereocenters. The fourth-order valence-electron chi connectivity index (χ4n) is 12.3. The molecule has 4 aliphatic carbocycles. The number of nitrogens with zero attached hydrogens (tertiary/aromatic N) is 4. The van der Waals surface area contributed by atoms with Crippen LogP contribution in [0.3, 0.4) is 0 Å². The SMILES string of the molecule is COc1ccc(N2C(=O)[C@H](n3cc(CNC(=O)CC[C@@H](C)C4CCC5C6CC[C@@H]7C[C@H](O)CC[C@]7(C)C6C[C@H](O)[C@@]54C)nn3)[C@@H]2c2ccc(Cl)cc2)cc1. The highest BCUT2D eigenvalue weighted by Crippen LogP contribution is 2.68. The first-order chi connectivity index (χ1) is 25.9. The van der Waals surface area contributed by atoms with Crippen molar-refractivity contribution in [1.29, 1.82) is 0 Å². The van der Waals surface area contributed by atoms with Gasteiger partial charge in [0.25, 0.3) is 5.91 Å². The van der Waals surface area contributed by atoms with Gasteiger partial charge in [-0.25, -0.2) is 4.68 Å². The fraction of sp³-hybridized carbons (Fsp3) is 0.628.